The van der Waals surface area contributed by atoms with Gasteiger partial charge in [0.05, 0.1) is 13.5 Å². The summed E-state index contributed by atoms with van der Waals surface area (Å²) in [5.74, 6) is -1.62. The molecule has 0 unspecified atom stereocenters. The fourth-order valence-electron chi connectivity index (χ4n) is 1.89. The van der Waals surface area contributed by atoms with Gasteiger partial charge in [-0.15, -0.1) is 0 Å². The Labute approximate surface area is 138 Å². The fourth-order valence-corrected chi connectivity index (χ4v) is 2.08. The van der Waals surface area contributed by atoms with E-state index in [1.54, 1.807) is 36.4 Å². The second kappa shape index (κ2) is 7.56. The normalized spacial score (nSPS) is 10.0. The second-order valence-electron chi connectivity index (χ2n) is 4.72. The number of methoxy groups -OCH3 is 1. The first-order valence-electron chi connectivity index (χ1n) is 6.76. The first-order chi connectivity index (χ1) is 11.0. The molecule has 2 aromatic rings. The molecule has 6 heteroatoms. The van der Waals surface area contributed by atoms with Crippen molar-refractivity contribution in [2.75, 3.05) is 12.4 Å². The third-order valence-electron chi connectivity index (χ3n) is 3.05. The summed E-state index contributed by atoms with van der Waals surface area (Å²) < 4.78 is 5.02. The van der Waals surface area contributed by atoms with Gasteiger partial charge in [0, 0.05) is 16.3 Å². The lowest BCUT2D eigenvalue weighted by Crippen LogP contribution is -2.25. The summed E-state index contributed by atoms with van der Waals surface area (Å²) in [7, 11) is 1.48. The van der Waals surface area contributed by atoms with Gasteiger partial charge in [0.15, 0.2) is 5.78 Å². The van der Waals surface area contributed by atoms with Crippen molar-refractivity contribution in [3.8, 4) is 5.75 Å². The number of rotatable bonds is 6. The topological polar surface area (TPSA) is 72.5 Å². The monoisotopic (exact) mass is 331 g/mol. The molecule has 0 aromatic heterocycles. The molecule has 0 saturated carbocycles. The summed E-state index contributed by atoms with van der Waals surface area (Å²) in [5, 5.41) is 2.85. The van der Waals surface area contributed by atoms with Gasteiger partial charge in [-0.3, -0.25) is 14.4 Å². The fraction of sp³-hybridized carbons (Fsp3) is 0.118. The Hall–Kier alpha value is -2.66. The van der Waals surface area contributed by atoms with Crippen molar-refractivity contribution in [1.29, 1.82) is 0 Å². The van der Waals surface area contributed by atoms with Gasteiger partial charge < -0.3 is 10.1 Å². The Morgan fingerprint density at radius 2 is 1.83 bits per heavy atom. The van der Waals surface area contributed by atoms with E-state index in [2.05, 4.69) is 5.32 Å². The van der Waals surface area contributed by atoms with Gasteiger partial charge in [0.25, 0.3) is 5.91 Å². The molecular formula is C17H14ClNO4. The zero-order valence-electron chi connectivity index (χ0n) is 12.3. The highest BCUT2D eigenvalue weighted by atomic mass is 35.5. The molecule has 2 rings (SSSR count). The largest absolute Gasteiger partial charge is 0.497 e. The molecule has 0 aliphatic heterocycles. The van der Waals surface area contributed by atoms with Crippen LogP contribution in [0.15, 0.2) is 48.5 Å². The number of ether oxygens (including phenoxy) is 1. The van der Waals surface area contributed by atoms with Gasteiger partial charge in [-0.1, -0.05) is 29.8 Å². The van der Waals surface area contributed by atoms with Crippen LogP contribution in [0.3, 0.4) is 0 Å². The van der Waals surface area contributed by atoms with E-state index in [-0.39, 0.29) is 0 Å². The van der Waals surface area contributed by atoms with Gasteiger partial charge in [0.1, 0.15) is 5.75 Å². The molecule has 0 fully saturated rings. The Bertz CT molecular complexity index is 758. The minimum Gasteiger partial charge on any atom is -0.497 e. The van der Waals surface area contributed by atoms with E-state index in [4.69, 9.17) is 16.3 Å². The van der Waals surface area contributed by atoms with Gasteiger partial charge in [-0.05, 0) is 30.3 Å². The molecule has 0 aliphatic rings. The number of hydrogen-bond donors (Lipinski definition) is 1. The van der Waals surface area contributed by atoms with Crippen LogP contribution in [0.25, 0.3) is 0 Å². The first kappa shape index (κ1) is 16.7. The maximum absolute atomic E-state index is 12.1. The van der Waals surface area contributed by atoms with Crippen LogP contribution in [-0.4, -0.2) is 24.6 Å². The summed E-state index contributed by atoms with van der Waals surface area (Å²) >= 11 is 5.80. The number of ketones is 2. The molecule has 0 heterocycles. The van der Waals surface area contributed by atoms with Crippen LogP contribution in [0.4, 0.5) is 5.69 Å². The molecule has 0 bridgehead atoms. The number of carbonyl (C=O) groups excluding carboxylic acids is 3. The average molecular weight is 332 g/mol. The Balaban J connectivity index is 2.00. The highest BCUT2D eigenvalue weighted by Gasteiger charge is 2.19. The van der Waals surface area contributed by atoms with Crippen molar-refractivity contribution in [2.45, 2.75) is 6.42 Å². The molecule has 0 radical (unpaired) electrons. The van der Waals surface area contributed by atoms with Crippen LogP contribution >= 0.6 is 11.6 Å². The minimum atomic E-state index is -0.858. The lowest BCUT2D eigenvalue weighted by Gasteiger charge is -2.05. The predicted octanol–water partition coefficient (Wildman–Crippen LogP) is 3.13. The summed E-state index contributed by atoms with van der Waals surface area (Å²) in [6.07, 6.45) is -0.514. The van der Waals surface area contributed by atoms with Gasteiger partial charge in [-0.2, -0.15) is 0 Å². The van der Waals surface area contributed by atoms with E-state index >= 15 is 0 Å². The summed E-state index contributed by atoms with van der Waals surface area (Å²) in [6.45, 7) is 0. The molecular weight excluding hydrogens is 318 g/mol. The number of amides is 1. The third kappa shape index (κ3) is 4.66. The van der Waals surface area contributed by atoms with Crippen molar-refractivity contribution in [3.63, 3.8) is 0 Å². The lowest BCUT2D eigenvalue weighted by atomic mass is 10.1. The molecule has 1 amide bonds. The van der Waals surface area contributed by atoms with E-state index in [1.165, 1.54) is 19.2 Å². The van der Waals surface area contributed by atoms with Crippen LogP contribution in [-0.2, 0) is 9.59 Å². The molecule has 0 spiro atoms. The highest BCUT2D eigenvalue weighted by Crippen LogP contribution is 2.16. The van der Waals surface area contributed by atoms with Crippen molar-refractivity contribution in [2.24, 2.45) is 0 Å². The zero-order valence-corrected chi connectivity index (χ0v) is 13.1. The number of nitrogens with one attached hydrogen (secondary N) is 1. The van der Waals surface area contributed by atoms with E-state index in [1.807, 2.05) is 0 Å². The third-order valence-corrected chi connectivity index (χ3v) is 3.28. The SMILES string of the molecule is COc1cccc(C(=O)CC(=O)C(=O)Nc2cccc(Cl)c2)c1. The second-order valence-corrected chi connectivity index (χ2v) is 5.16. The van der Waals surface area contributed by atoms with Crippen LogP contribution in [0.5, 0.6) is 5.75 Å². The summed E-state index contributed by atoms with van der Waals surface area (Å²) in [5.41, 5.74) is 0.706. The lowest BCUT2D eigenvalue weighted by molar-refractivity contribution is -0.134. The number of halogens is 1. The number of benzene rings is 2. The molecule has 2 aromatic carbocycles. The van der Waals surface area contributed by atoms with Crippen LogP contribution < -0.4 is 10.1 Å². The van der Waals surface area contributed by atoms with Crippen molar-refractivity contribution in [1.82, 2.24) is 0 Å². The number of anilines is 1. The van der Waals surface area contributed by atoms with Gasteiger partial charge >= 0.3 is 0 Å². The van der Waals surface area contributed by atoms with Crippen LogP contribution in [0.2, 0.25) is 5.02 Å². The summed E-state index contributed by atoms with van der Waals surface area (Å²) in [6, 6.07) is 12.8. The molecule has 5 nitrogen and oxygen atoms in total. The van der Waals surface area contributed by atoms with Gasteiger partial charge in [0.2, 0.25) is 5.78 Å². The minimum absolute atomic E-state index is 0.313. The van der Waals surface area contributed by atoms with Crippen molar-refractivity contribution >= 4 is 34.8 Å². The quantitative estimate of drug-likeness (QED) is 0.501. The maximum atomic E-state index is 12.1. The standard InChI is InChI=1S/C17H14ClNO4/c1-23-14-7-2-4-11(8-14)15(20)10-16(21)17(22)19-13-6-3-5-12(18)9-13/h2-9H,10H2,1H3,(H,19,22). The number of Topliss-reactive ketones (excluding diaryl/α,β-unsaturated/α-hetero) is 2. The molecule has 1 N–H and O–H groups in total. The van der Waals surface area contributed by atoms with E-state index in [9.17, 15) is 14.4 Å². The Morgan fingerprint density at radius 3 is 2.52 bits per heavy atom. The van der Waals surface area contributed by atoms with E-state index in [0.717, 1.165) is 0 Å². The zero-order chi connectivity index (χ0) is 16.8. The van der Waals surface area contributed by atoms with E-state index in [0.29, 0.717) is 22.0 Å². The number of hydrogen-bond acceptors (Lipinski definition) is 4. The van der Waals surface area contributed by atoms with Crippen molar-refractivity contribution in [3.05, 3.63) is 59.1 Å². The summed E-state index contributed by atoms with van der Waals surface area (Å²) in [4.78, 5) is 35.8. The molecule has 23 heavy (non-hydrogen) atoms. The Kier molecular flexibility index (Phi) is 5.49. The highest BCUT2D eigenvalue weighted by molar-refractivity contribution is 6.44. The van der Waals surface area contributed by atoms with Crippen LogP contribution in [0.1, 0.15) is 16.8 Å². The van der Waals surface area contributed by atoms with Gasteiger partial charge in [-0.25, -0.2) is 0 Å². The molecule has 0 atom stereocenters. The smallest absolute Gasteiger partial charge is 0.292 e. The number of carbonyl (C=O) groups is 3. The molecule has 118 valence electrons. The molecule has 0 aliphatic carbocycles. The molecule has 0 saturated heterocycles. The van der Waals surface area contributed by atoms with E-state index < -0.39 is 23.9 Å². The van der Waals surface area contributed by atoms with Crippen molar-refractivity contribution < 1.29 is 19.1 Å². The maximum Gasteiger partial charge on any atom is 0.292 e. The Morgan fingerprint density at radius 1 is 1.09 bits per heavy atom. The van der Waals surface area contributed by atoms with Crippen LogP contribution in [0, 0.1) is 0 Å². The predicted molar refractivity (Wildman–Crippen MR) is 87.0 cm³/mol. The first-order valence-corrected chi connectivity index (χ1v) is 7.14. The average Bonchev–Trinajstić information content (AvgIpc) is 2.54.